The van der Waals surface area contributed by atoms with Gasteiger partial charge in [0.15, 0.2) is 9.84 Å². The topological polar surface area (TPSA) is 91.8 Å². The highest BCUT2D eigenvalue weighted by Crippen LogP contribution is 2.26. The van der Waals surface area contributed by atoms with Gasteiger partial charge in [0.25, 0.3) is 5.91 Å². The van der Waals surface area contributed by atoms with Gasteiger partial charge in [0.05, 0.1) is 16.7 Å². The second kappa shape index (κ2) is 8.94. The largest absolute Gasteiger partial charge is 0.300 e. The lowest BCUT2D eigenvalue weighted by atomic mass is 10.1. The van der Waals surface area contributed by atoms with E-state index in [0.717, 1.165) is 11.0 Å². The Hall–Kier alpha value is -2.49. The Labute approximate surface area is 184 Å². The molecule has 0 N–H and O–H groups in total. The van der Waals surface area contributed by atoms with Crippen LogP contribution in [0.15, 0.2) is 64.9 Å². The van der Waals surface area contributed by atoms with Crippen molar-refractivity contribution in [3.05, 3.63) is 71.1 Å². The Morgan fingerprint density at radius 1 is 1.00 bits per heavy atom. The summed E-state index contributed by atoms with van der Waals surface area (Å²) in [6.45, 7) is 6.15. The van der Waals surface area contributed by atoms with Gasteiger partial charge < -0.3 is 4.90 Å². The molecule has 9 heteroatoms. The molecule has 2 aromatic carbocycles. The van der Waals surface area contributed by atoms with Gasteiger partial charge in [-0.2, -0.15) is 4.31 Å². The van der Waals surface area contributed by atoms with E-state index in [0.29, 0.717) is 18.8 Å². The van der Waals surface area contributed by atoms with Crippen LogP contribution >= 0.6 is 0 Å². The molecule has 31 heavy (non-hydrogen) atoms. The van der Waals surface area contributed by atoms with E-state index in [2.05, 4.69) is 0 Å². The number of aryl methyl sites for hydroxylation is 1. The average Bonchev–Trinajstić information content (AvgIpc) is 3.09. The molecule has 2 aromatic rings. The first-order valence-electron chi connectivity index (χ1n) is 10.0. The Balaban J connectivity index is 1.97. The van der Waals surface area contributed by atoms with Crippen LogP contribution in [0.5, 0.6) is 0 Å². The summed E-state index contributed by atoms with van der Waals surface area (Å²) in [6.07, 6.45) is 1.51. The fourth-order valence-electron chi connectivity index (χ4n) is 3.51. The first-order chi connectivity index (χ1) is 14.6. The highest BCUT2D eigenvalue weighted by Gasteiger charge is 2.32. The maximum atomic E-state index is 13.4. The minimum absolute atomic E-state index is 0.109. The molecule has 0 saturated heterocycles. The van der Waals surface area contributed by atoms with E-state index in [9.17, 15) is 21.6 Å². The van der Waals surface area contributed by atoms with Crippen molar-refractivity contribution in [2.45, 2.75) is 31.7 Å². The summed E-state index contributed by atoms with van der Waals surface area (Å²) in [4.78, 5) is 14.9. The smallest absolute Gasteiger partial charge is 0.258 e. The van der Waals surface area contributed by atoms with Crippen molar-refractivity contribution in [1.82, 2.24) is 4.31 Å². The summed E-state index contributed by atoms with van der Waals surface area (Å²) < 4.78 is 50.7. The molecule has 3 rings (SSSR count). The molecule has 1 heterocycles. The zero-order valence-corrected chi connectivity index (χ0v) is 19.4. The van der Waals surface area contributed by atoms with Gasteiger partial charge in [0, 0.05) is 29.7 Å². The molecule has 0 unspecified atom stereocenters. The third-order valence-electron chi connectivity index (χ3n) is 5.22. The van der Waals surface area contributed by atoms with E-state index in [4.69, 9.17) is 0 Å². The van der Waals surface area contributed by atoms with Gasteiger partial charge in [-0.3, -0.25) is 4.79 Å². The number of hydrogen-bond acceptors (Lipinski definition) is 5. The lowest BCUT2D eigenvalue weighted by molar-refractivity contribution is 0.0983. The van der Waals surface area contributed by atoms with Gasteiger partial charge in [-0.1, -0.05) is 31.5 Å². The number of sulfone groups is 1. The number of carbonyl (C=O) groups excluding carboxylic acids is 1. The first-order valence-corrected chi connectivity index (χ1v) is 13.2. The van der Waals surface area contributed by atoms with Crippen molar-refractivity contribution in [2.75, 3.05) is 23.7 Å². The highest BCUT2D eigenvalue weighted by molar-refractivity contribution is 7.94. The summed E-state index contributed by atoms with van der Waals surface area (Å²) in [7, 11) is -7.01. The molecular formula is C22H26N2O5S2. The Kier molecular flexibility index (Phi) is 6.68. The van der Waals surface area contributed by atoms with E-state index in [1.807, 2.05) is 19.1 Å². The standard InChI is InChI=1S/C22H26N2O5S2/c1-4-23(5-2)31(28,29)21-12-8-18(9-13-21)22(25)24(19-10-6-17(3)7-11-19)20-14-15-30(26,27)16-20/h6-15,20H,4-5,16H2,1-3H3/t20-/m0/s1. The van der Waals surface area contributed by atoms with Crippen LogP contribution in [-0.2, 0) is 19.9 Å². The van der Waals surface area contributed by atoms with Crippen molar-refractivity contribution in [2.24, 2.45) is 0 Å². The highest BCUT2D eigenvalue weighted by atomic mass is 32.2. The van der Waals surface area contributed by atoms with Gasteiger partial charge in [0.1, 0.15) is 0 Å². The molecule has 0 aliphatic carbocycles. The van der Waals surface area contributed by atoms with Crippen LogP contribution in [0.2, 0.25) is 0 Å². The lowest BCUT2D eigenvalue weighted by Crippen LogP contribution is -2.41. The van der Waals surface area contributed by atoms with Crippen LogP contribution < -0.4 is 4.90 Å². The Morgan fingerprint density at radius 3 is 2.06 bits per heavy atom. The normalized spacial score (nSPS) is 17.7. The van der Waals surface area contributed by atoms with Crippen LogP contribution in [0, 0.1) is 6.92 Å². The second-order valence-corrected chi connectivity index (χ2v) is 11.2. The van der Waals surface area contributed by atoms with Gasteiger partial charge >= 0.3 is 0 Å². The number of hydrogen-bond donors (Lipinski definition) is 0. The molecule has 7 nitrogen and oxygen atoms in total. The SMILES string of the molecule is CCN(CC)S(=O)(=O)c1ccc(C(=O)N(c2ccc(C)cc2)[C@H]2C=CS(=O)(=O)C2)cc1. The molecule has 1 atom stereocenters. The molecule has 1 amide bonds. The molecule has 1 aliphatic heterocycles. The maximum Gasteiger partial charge on any atom is 0.258 e. The number of carbonyl (C=O) groups is 1. The zero-order chi connectivity index (χ0) is 22.8. The zero-order valence-electron chi connectivity index (χ0n) is 17.7. The maximum absolute atomic E-state index is 13.4. The summed E-state index contributed by atoms with van der Waals surface area (Å²) in [5.74, 6) is -0.594. The first kappa shape index (κ1) is 23.2. The van der Waals surface area contributed by atoms with Gasteiger partial charge in [-0.05, 0) is 49.4 Å². The van der Waals surface area contributed by atoms with E-state index in [-0.39, 0.29) is 16.2 Å². The van der Waals surface area contributed by atoms with Crippen molar-refractivity contribution in [1.29, 1.82) is 0 Å². The van der Waals surface area contributed by atoms with Crippen molar-refractivity contribution < 1.29 is 21.6 Å². The van der Waals surface area contributed by atoms with E-state index >= 15 is 0 Å². The quantitative estimate of drug-likeness (QED) is 0.631. The number of amides is 1. The van der Waals surface area contributed by atoms with Gasteiger partial charge in [0.2, 0.25) is 10.0 Å². The van der Waals surface area contributed by atoms with Gasteiger partial charge in [-0.25, -0.2) is 16.8 Å². The van der Waals surface area contributed by atoms with Crippen LogP contribution in [0.4, 0.5) is 5.69 Å². The predicted molar refractivity (Wildman–Crippen MR) is 121 cm³/mol. The number of rotatable bonds is 7. The summed E-state index contributed by atoms with van der Waals surface area (Å²) in [5, 5.41) is 1.13. The summed E-state index contributed by atoms with van der Waals surface area (Å²) in [5.41, 5.74) is 1.86. The third-order valence-corrected chi connectivity index (χ3v) is 8.66. The van der Waals surface area contributed by atoms with Gasteiger partial charge in [-0.15, -0.1) is 0 Å². The predicted octanol–water partition coefficient (Wildman–Crippen LogP) is 2.98. The summed E-state index contributed by atoms with van der Waals surface area (Å²) in [6, 6.07) is 12.4. The second-order valence-electron chi connectivity index (χ2n) is 7.35. The monoisotopic (exact) mass is 462 g/mol. The van der Waals surface area contributed by atoms with Crippen LogP contribution in [0.3, 0.4) is 0 Å². The number of nitrogens with zero attached hydrogens (tertiary/aromatic N) is 2. The van der Waals surface area contributed by atoms with E-state index < -0.39 is 31.8 Å². The number of benzene rings is 2. The summed E-state index contributed by atoms with van der Waals surface area (Å²) >= 11 is 0. The molecule has 1 aliphatic rings. The third kappa shape index (κ3) is 4.89. The molecule has 166 valence electrons. The Bertz CT molecular complexity index is 1180. The van der Waals surface area contributed by atoms with Crippen molar-refractivity contribution in [3.8, 4) is 0 Å². The van der Waals surface area contributed by atoms with Crippen molar-refractivity contribution in [3.63, 3.8) is 0 Å². The van der Waals surface area contributed by atoms with E-state index in [1.165, 1.54) is 39.5 Å². The molecule has 0 fully saturated rings. The molecular weight excluding hydrogens is 436 g/mol. The van der Waals surface area contributed by atoms with Crippen LogP contribution in [-0.4, -0.2) is 51.9 Å². The molecule has 0 spiro atoms. The van der Waals surface area contributed by atoms with Crippen LogP contribution in [0.25, 0.3) is 0 Å². The minimum atomic E-state index is -3.63. The number of sulfonamides is 1. The van der Waals surface area contributed by atoms with Crippen LogP contribution in [0.1, 0.15) is 29.8 Å². The molecule has 0 saturated carbocycles. The molecule has 0 bridgehead atoms. The van der Waals surface area contributed by atoms with Crippen molar-refractivity contribution >= 4 is 31.5 Å². The lowest BCUT2D eigenvalue weighted by Gasteiger charge is -2.28. The van der Waals surface area contributed by atoms with E-state index in [1.54, 1.807) is 26.0 Å². The molecule has 0 aromatic heterocycles. The fraction of sp³-hybridized carbons (Fsp3) is 0.318. The minimum Gasteiger partial charge on any atom is -0.300 e. The average molecular weight is 463 g/mol. The fourth-order valence-corrected chi connectivity index (χ4v) is 6.23. The molecule has 0 radical (unpaired) electrons. The Morgan fingerprint density at radius 2 is 1.58 bits per heavy atom. The number of anilines is 1.